The second-order valence-corrected chi connectivity index (χ2v) is 6.61. The van der Waals surface area contributed by atoms with E-state index in [2.05, 4.69) is 17.1 Å². The Bertz CT molecular complexity index is 310. The van der Waals surface area contributed by atoms with E-state index in [0.29, 0.717) is 24.0 Å². The third kappa shape index (κ3) is 5.26. The smallest absolute Gasteiger partial charge is 0.222 e. The van der Waals surface area contributed by atoms with Crippen LogP contribution in [0.5, 0.6) is 0 Å². The van der Waals surface area contributed by atoms with Crippen molar-refractivity contribution in [3.8, 4) is 0 Å². The lowest BCUT2D eigenvalue weighted by atomic mass is 9.79. The molecule has 4 nitrogen and oxygen atoms in total. The maximum atomic E-state index is 12.6. The van der Waals surface area contributed by atoms with Crippen LogP contribution in [-0.2, 0) is 9.53 Å². The number of carbonyl (C=O) groups excluding carboxylic acids is 1. The zero-order valence-electron chi connectivity index (χ0n) is 13.8. The summed E-state index contributed by atoms with van der Waals surface area (Å²) in [7, 11) is 0. The Kier molecular flexibility index (Phi) is 6.97. The van der Waals surface area contributed by atoms with Gasteiger partial charge in [0.2, 0.25) is 5.91 Å². The van der Waals surface area contributed by atoms with Gasteiger partial charge in [-0.3, -0.25) is 4.79 Å². The van der Waals surface area contributed by atoms with Gasteiger partial charge in [-0.05, 0) is 51.5 Å². The van der Waals surface area contributed by atoms with E-state index in [0.717, 1.165) is 58.3 Å². The number of hydrogen-bond donors (Lipinski definition) is 1. The van der Waals surface area contributed by atoms with Crippen molar-refractivity contribution in [1.82, 2.24) is 10.2 Å². The fourth-order valence-electron chi connectivity index (χ4n) is 3.43. The Morgan fingerprint density at radius 3 is 2.76 bits per heavy atom. The average molecular weight is 296 g/mol. The monoisotopic (exact) mass is 296 g/mol. The van der Waals surface area contributed by atoms with Crippen LogP contribution in [0.25, 0.3) is 0 Å². The van der Waals surface area contributed by atoms with Crippen LogP contribution in [0.15, 0.2) is 0 Å². The highest BCUT2D eigenvalue weighted by Crippen LogP contribution is 2.33. The molecule has 0 aromatic carbocycles. The summed E-state index contributed by atoms with van der Waals surface area (Å²) in [5.74, 6) is 0.909. The molecular formula is C17H32N2O2. The Balaban J connectivity index is 1.74. The summed E-state index contributed by atoms with van der Waals surface area (Å²) in [6.07, 6.45) is 8.01. The largest absolute Gasteiger partial charge is 0.378 e. The fourth-order valence-corrected chi connectivity index (χ4v) is 3.43. The SMILES string of the molecule is CCCCN(CC1CCCN1)C(=O)CC1CC(OCC)C1. The lowest BCUT2D eigenvalue weighted by Crippen LogP contribution is -2.43. The Labute approximate surface area is 129 Å². The van der Waals surface area contributed by atoms with E-state index in [1.54, 1.807) is 0 Å². The van der Waals surface area contributed by atoms with Crippen molar-refractivity contribution in [1.29, 1.82) is 0 Å². The van der Waals surface area contributed by atoms with E-state index in [4.69, 9.17) is 4.74 Å². The van der Waals surface area contributed by atoms with E-state index < -0.39 is 0 Å². The molecule has 122 valence electrons. The topological polar surface area (TPSA) is 41.6 Å². The van der Waals surface area contributed by atoms with Crippen LogP contribution in [0.2, 0.25) is 0 Å². The summed E-state index contributed by atoms with van der Waals surface area (Å²) in [6, 6.07) is 0.517. The van der Waals surface area contributed by atoms with Gasteiger partial charge in [-0.25, -0.2) is 0 Å². The lowest BCUT2D eigenvalue weighted by Gasteiger charge is -2.36. The van der Waals surface area contributed by atoms with Gasteiger partial charge in [-0.15, -0.1) is 0 Å². The van der Waals surface area contributed by atoms with Crippen LogP contribution in [0.1, 0.15) is 58.8 Å². The van der Waals surface area contributed by atoms with Gasteiger partial charge in [0.1, 0.15) is 0 Å². The molecule has 0 radical (unpaired) electrons. The molecule has 1 saturated carbocycles. The summed E-state index contributed by atoms with van der Waals surface area (Å²) in [4.78, 5) is 14.7. The van der Waals surface area contributed by atoms with Gasteiger partial charge in [-0.1, -0.05) is 13.3 Å². The van der Waals surface area contributed by atoms with Crippen LogP contribution in [0.3, 0.4) is 0 Å². The quantitative estimate of drug-likeness (QED) is 0.711. The standard InChI is InChI=1S/C17H32N2O2/c1-3-5-9-19(13-15-7-6-8-18-15)17(20)12-14-10-16(11-14)21-4-2/h14-16,18H,3-13H2,1-2H3. The minimum absolute atomic E-state index is 0.358. The highest BCUT2D eigenvalue weighted by atomic mass is 16.5. The van der Waals surface area contributed by atoms with Crippen molar-refractivity contribution >= 4 is 5.91 Å². The minimum atomic E-state index is 0.358. The number of amides is 1. The van der Waals surface area contributed by atoms with Crippen molar-refractivity contribution in [3.63, 3.8) is 0 Å². The van der Waals surface area contributed by atoms with E-state index in [1.165, 1.54) is 12.8 Å². The van der Waals surface area contributed by atoms with Gasteiger partial charge in [0, 0.05) is 32.2 Å². The molecule has 0 bridgehead atoms. The van der Waals surface area contributed by atoms with E-state index in [1.807, 2.05) is 6.92 Å². The van der Waals surface area contributed by atoms with Crippen LogP contribution in [-0.4, -0.2) is 49.2 Å². The number of hydrogen-bond acceptors (Lipinski definition) is 3. The summed E-state index contributed by atoms with van der Waals surface area (Å²) < 4.78 is 5.59. The molecule has 2 rings (SSSR count). The van der Waals surface area contributed by atoms with Gasteiger partial charge in [-0.2, -0.15) is 0 Å². The first kappa shape index (κ1) is 16.8. The second-order valence-electron chi connectivity index (χ2n) is 6.61. The van der Waals surface area contributed by atoms with Crippen LogP contribution in [0.4, 0.5) is 0 Å². The molecule has 2 fully saturated rings. The Morgan fingerprint density at radius 2 is 2.14 bits per heavy atom. The van der Waals surface area contributed by atoms with Crippen LogP contribution >= 0.6 is 0 Å². The lowest BCUT2D eigenvalue weighted by molar-refractivity contribution is -0.135. The van der Waals surface area contributed by atoms with E-state index >= 15 is 0 Å². The number of unbranched alkanes of at least 4 members (excludes halogenated alkanes) is 1. The molecule has 1 aliphatic heterocycles. The second kappa shape index (κ2) is 8.74. The molecule has 1 aliphatic carbocycles. The zero-order chi connectivity index (χ0) is 15.1. The third-order valence-electron chi connectivity index (χ3n) is 4.80. The van der Waals surface area contributed by atoms with Crippen molar-refractivity contribution in [2.45, 2.75) is 70.9 Å². The van der Waals surface area contributed by atoms with Crippen molar-refractivity contribution in [3.05, 3.63) is 0 Å². The number of nitrogens with zero attached hydrogens (tertiary/aromatic N) is 1. The normalized spacial score (nSPS) is 28.4. The summed E-state index contributed by atoms with van der Waals surface area (Å²) in [6.45, 7) is 7.96. The molecule has 0 aromatic rings. The molecule has 1 amide bonds. The molecule has 1 atom stereocenters. The highest BCUT2D eigenvalue weighted by Gasteiger charge is 2.32. The molecule has 2 aliphatic rings. The first-order chi connectivity index (χ1) is 10.2. The molecular weight excluding hydrogens is 264 g/mol. The summed E-state index contributed by atoms with van der Waals surface area (Å²) >= 11 is 0. The van der Waals surface area contributed by atoms with Gasteiger partial charge in [0.25, 0.3) is 0 Å². The van der Waals surface area contributed by atoms with E-state index in [-0.39, 0.29) is 0 Å². The van der Waals surface area contributed by atoms with Crippen molar-refractivity contribution in [2.24, 2.45) is 5.92 Å². The van der Waals surface area contributed by atoms with Gasteiger partial charge < -0.3 is 15.0 Å². The van der Waals surface area contributed by atoms with Gasteiger partial charge in [0.05, 0.1) is 6.10 Å². The number of carbonyl (C=O) groups is 1. The maximum absolute atomic E-state index is 12.6. The predicted octanol–water partition coefficient (Wildman–Crippen LogP) is 2.57. The first-order valence-electron chi connectivity index (χ1n) is 8.85. The molecule has 1 unspecified atom stereocenters. The maximum Gasteiger partial charge on any atom is 0.222 e. The number of rotatable bonds is 9. The summed E-state index contributed by atoms with van der Waals surface area (Å²) in [5.41, 5.74) is 0. The number of nitrogens with one attached hydrogen (secondary N) is 1. The average Bonchev–Trinajstić information content (AvgIpc) is 2.94. The molecule has 1 N–H and O–H groups in total. The predicted molar refractivity (Wildman–Crippen MR) is 85.3 cm³/mol. The Hall–Kier alpha value is -0.610. The fraction of sp³-hybridized carbons (Fsp3) is 0.941. The summed E-state index contributed by atoms with van der Waals surface area (Å²) in [5, 5.41) is 3.51. The minimum Gasteiger partial charge on any atom is -0.378 e. The number of ether oxygens (including phenoxy) is 1. The van der Waals surface area contributed by atoms with Crippen molar-refractivity contribution in [2.75, 3.05) is 26.2 Å². The highest BCUT2D eigenvalue weighted by molar-refractivity contribution is 5.76. The third-order valence-corrected chi connectivity index (χ3v) is 4.80. The molecule has 0 aromatic heterocycles. The molecule has 4 heteroatoms. The first-order valence-corrected chi connectivity index (χ1v) is 8.85. The molecule has 1 saturated heterocycles. The molecule has 0 spiro atoms. The molecule has 21 heavy (non-hydrogen) atoms. The van der Waals surface area contributed by atoms with Crippen LogP contribution in [0, 0.1) is 5.92 Å². The zero-order valence-corrected chi connectivity index (χ0v) is 13.8. The van der Waals surface area contributed by atoms with Gasteiger partial charge in [0.15, 0.2) is 0 Å². The Morgan fingerprint density at radius 1 is 1.33 bits per heavy atom. The van der Waals surface area contributed by atoms with Gasteiger partial charge >= 0.3 is 0 Å². The van der Waals surface area contributed by atoms with Crippen LogP contribution < -0.4 is 5.32 Å². The van der Waals surface area contributed by atoms with E-state index in [9.17, 15) is 4.79 Å². The molecule has 1 heterocycles. The van der Waals surface area contributed by atoms with Crippen molar-refractivity contribution < 1.29 is 9.53 Å².